The molecule has 6 N–H and O–H groups in total. The van der Waals surface area contributed by atoms with E-state index in [1.807, 2.05) is 0 Å². The SMILES string of the molecule is O=C(OC[C@H]1O[C@@H](OC[C@@H](O)[C@@H](O)c2ccc(O)cc2)[C@H](O)[C@@H](O)[C@@H]1O)c1ccccc1. The molecular formula is C22H26O10. The van der Waals surface area contributed by atoms with Crippen molar-refractivity contribution in [1.82, 2.24) is 0 Å². The van der Waals surface area contributed by atoms with Crippen molar-refractivity contribution >= 4 is 5.97 Å². The third-order valence-electron chi connectivity index (χ3n) is 5.09. The average Bonchev–Trinajstić information content (AvgIpc) is 2.81. The predicted octanol–water partition coefficient (Wildman–Crippen LogP) is -0.532. The van der Waals surface area contributed by atoms with Gasteiger partial charge in [-0.05, 0) is 29.8 Å². The van der Waals surface area contributed by atoms with Crippen LogP contribution in [-0.4, -0.2) is 86.6 Å². The number of phenolic OH excluding ortho intramolecular Hbond substituents is 1. The van der Waals surface area contributed by atoms with E-state index in [1.165, 1.54) is 24.3 Å². The second-order valence-corrected chi connectivity index (χ2v) is 7.42. The molecule has 32 heavy (non-hydrogen) atoms. The van der Waals surface area contributed by atoms with Crippen LogP contribution in [0.3, 0.4) is 0 Å². The van der Waals surface area contributed by atoms with Crippen LogP contribution in [0, 0.1) is 0 Å². The van der Waals surface area contributed by atoms with Gasteiger partial charge >= 0.3 is 5.97 Å². The molecular weight excluding hydrogens is 424 g/mol. The Kier molecular flexibility index (Phi) is 8.15. The van der Waals surface area contributed by atoms with Crippen molar-refractivity contribution in [2.24, 2.45) is 0 Å². The second kappa shape index (κ2) is 10.8. The van der Waals surface area contributed by atoms with Crippen LogP contribution >= 0.6 is 0 Å². The molecule has 1 fully saturated rings. The minimum absolute atomic E-state index is 0.00281. The van der Waals surface area contributed by atoms with E-state index in [2.05, 4.69) is 0 Å². The molecule has 0 saturated carbocycles. The number of rotatable bonds is 8. The molecule has 0 spiro atoms. The topological polar surface area (TPSA) is 166 Å². The van der Waals surface area contributed by atoms with Gasteiger partial charge in [0.1, 0.15) is 49.0 Å². The van der Waals surface area contributed by atoms with Crippen LogP contribution in [0.15, 0.2) is 54.6 Å². The molecule has 2 aromatic carbocycles. The van der Waals surface area contributed by atoms with Gasteiger partial charge in [-0.1, -0.05) is 30.3 Å². The maximum atomic E-state index is 12.1. The number of hydrogen-bond donors (Lipinski definition) is 6. The highest BCUT2D eigenvalue weighted by atomic mass is 16.7. The predicted molar refractivity (Wildman–Crippen MR) is 108 cm³/mol. The molecule has 3 rings (SSSR count). The number of phenols is 1. The van der Waals surface area contributed by atoms with Gasteiger partial charge < -0.3 is 44.8 Å². The number of benzene rings is 2. The van der Waals surface area contributed by atoms with E-state index in [0.29, 0.717) is 5.56 Å². The number of esters is 1. The van der Waals surface area contributed by atoms with E-state index in [1.54, 1.807) is 30.3 Å². The molecule has 0 aromatic heterocycles. The van der Waals surface area contributed by atoms with E-state index in [4.69, 9.17) is 14.2 Å². The van der Waals surface area contributed by atoms with E-state index in [0.717, 1.165) is 0 Å². The minimum atomic E-state index is -1.66. The van der Waals surface area contributed by atoms with Crippen molar-refractivity contribution in [2.75, 3.05) is 13.2 Å². The molecule has 0 bridgehead atoms. The first-order valence-electron chi connectivity index (χ1n) is 9.96. The summed E-state index contributed by atoms with van der Waals surface area (Å²) in [5.41, 5.74) is 0.614. The van der Waals surface area contributed by atoms with Crippen molar-refractivity contribution < 1.29 is 49.6 Å². The number of aliphatic hydroxyl groups excluding tert-OH is 5. The fourth-order valence-corrected chi connectivity index (χ4v) is 3.19. The minimum Gasteiger partial charge on any atom is -0.508 e. The summed E-state index contributed by atoms with van der Waals surface area (Å²) in [7, 11) is 0. The monoisotopic (exact) mass is 450 g/mol. The van der Waals surface area contributed by atoms with Crippen LogP contribution in [-0.2, 0) is 14.2 Å². The Morgan fingerprint density at radius 1 is 0.938 bits per heavy atom. The number of aromatic hydroxyl groups is 1. The van der Waals surface area contributed by atoms with Crippen molar-refractivity contribution in [1.29, 1.82) is 0 Å². The Morgan fingerprint density at radius 3 is 2.25 bits per heavy atom. The molecule has 1 aliphatic rings. The standard InChI is InChI=1S/C22H26O10/c23-14-8-6-12(7-9-14)17(25)15(24)10-31-22-20(28)19(27)18(26)16(32-22)11-30-21(29)13-4-2-1-3-5-13/h1-9,15-20,22-28H,10-11H2/t15-,16-,17+,18-,19+,20-,22-/m1/s1. The van der Waals surface area contributed by atoms with Crippen molar-refractivity contribution in [2.45, 2.75) is 42.9 Å². The van der Waals surface area contributed by atoms with Crippen molar-refractivity contribution in [3.8, 4) is 5.75 Å². The molecule has 10 heteroatoms. The molecule has 174 valence electrons. The van der Waals surface area contributed by atoms with Crippen LogP contribution in [0.2, 0.25) is 0 Å². The highest BCUT2D eigenvalue weighted by Gasteiger charge is 2.45. The largest absolute Gasteiger partial charge is 0.508 e. The van der Waals surface area contributed by atoms with Gasteiger partial charge in [0.25, 0.3) is 0 Å². The number of carbonyl (C=O) groups excluding carboxylic acids is 1. The zero-order valence-electron chi connectivity index (χ0n) is 17.0. The lowest BCUT2D eigenvalue weighted by atomic mass is 9.99. The lowest BCUT2D eigenvalue weighted by Gasteiger charge is -2.40. The fraction of sp³-hybridized carbons (Fsp3) is 0.409. The normalized spacial score (nSPS) is 27.5. The number of carbonyl (C=O) groups is 1. The second-order valence-electron chi connectivity index (χ2n) is 7.42. The van der Waals surface area contributed by atoms with E-state index in [-0.39, 0.29) is 11.3 Å². The van der Waals surface area contributed by atoms with Gasteiger partial charge in [-0.2, -0.15) is 0 Å². The average molecular weight is 450 g/mol. The van der Waals surface area contributed by atoms with Gasteiger partial charge in [-0.3, -0.25) is 0 Å². The molecule has 0 unspecified atom stereocenters. The van der Waals surface area contributed by atoms with Crippen molar-refractivity contribution in [3.63, 3.8) is 0 Å². The van der Waals surface area contributed by atoms with Gasteiger partial charge in [0.2, 0.25) is 0 Å². The summed E-state index contributed by atoms with van der Waals surface area (Å²) in [5.74, 6) is -0.663. The zero-order chi connectivity index (χ0) is 23.3. The number of ether oxygens (including phenoxy) is 3. The Morgan fingerprint density at radius 2 is 1.59 bits per heavy atom. The first-order chi connectivity index (χ1) is 15.3. The maximum absolute atomic E-state index is 12.1. The molecule has 2 aromatic rings. The Labute approximate surface area is 183 Å². The van der Waals surface area contributed by atoms with Gasteiger partial charge in [-0.25, -0.2) is 4.79 Å². The van der Waals surface area contributed by atoms with Crippen LogP contribution in [0.25, 0.3) is 0 Å². The summed E-state index contributed by atoms with van der Waals surface area (Å²) in [5, 5.41) is 60.1. The highest BCUT2D eigenvalue weighted by molar-refractivity contribution is 5.89. The maximum Gasteiger partial charge on any atom is 0.338 e. The summed E-state index contributed by atoms with van der Waals surface area (Å²) >= 11 is 0. The van der Waals surface area contributed by atoms with E-state index < -0.39 is 62.1 Å². The number of aliphatic hydroxyl groups is 5. The third-order valence-corrected chi connectivity index (χ3v) is 5.09. The molecule has 7 atom stereocenters. The fourth-order valence-electron chi connectivity index (χ4n) is 3.19. The van der Waals surface area contributed by atoms with Crippen LogP contribution in [0.1, 0.15) is 22.0 Å². The van der Waals surface area contributed by atoms with Gasteiger partial charge in [-0.15, -0.1) is 0 Å². The molecule has 0 aliphatic carbocycles. The lowest BCUT2D eigenvalue weighted by molar-refractivity contribution is -0.305. The molecule has 0 amide bonds. The first-order valence-corrected chi connectivity index (χ1v) is 9.96. The van der Waals surface area contributed by atoms with Crippen molar-refractivity contribution in [3.05, 3.63) is 65.7 Å². The first kappa shape index (κ1) is 24.1. The van der Waals surface area contributed by atoms with E-state index >= 15 is 0 Å². The molecule has 1 saturated heterocycles. The van der Waals surface area contributed by atoms with Gasteiger partial charge in [0, 0.05) is 0 Å². The summed E-state index contributed by atoms with van der Waals surface area (Å²) < 4.78 is 15.9. The summed E-state index contributed by atoms with van der Waals surface area (Å²) in [6, 6.07) is 13.7. The summed E-state index contributed by atoms with van der Waals surface area (Å²) in [6.07, 6.45) is -10.3. The van der Waals surface area contributed by atoms with Crippen LogP contribution in [0.5, 0.6) is 5.75 Å². The highest BCUT2D eigenvalue weighted by Crippen LogP contribution is 2.25. The molecule has 1 heterocycles. The van der Waals surface area contributed by atoms with Gasteiger partial charge in [0.15, 0.2) is 6.29 Å². The quantitative estimate of drug-likeness (QED) is 0.288. The molecule has 0 radical (unpaired) electrons. The summed E-state index contributed by atoms with van der Waals surface area (Å²) in [4.78, 5) is 12.1. The lowest BCUT2D eigenvalue weighted by Crippen LogP contribution is -2.59. The third kappa shape index (κ3) is 5.81. The smallest absolute Gasteiger partial charge is 0.338 e. The van der Waals surface area contributed by atoms with Crippen LogP contribution < -0.4 is 0 Å². The summed E-state index contributed by atoms with van der Waals surface area (Å²) in [6.45, 7) is -0.902. The Balaban J connectivity index is 1.56. The van der Waals surface area contributed by atoms with Gasteiger partial charge in [0.05, 0.1) is 12.2 Å². The number of hydrogen-bond acceptors (Lipinski definition) is 10. The van der Waals surface area contributed by atoms with E-state index in [9.17, 15) is 35.4 Å². The zero-order valence-corrected chi connectivity index (χ0v) is 17.0. The molecule has 10 nitrogen and oxygen atoms in total. The Hall–Kier alpha value is -2.57. The Bertz CT molecular complexity index is 859. The van der Waals surface area contributed by atoms with Crippen LogP contribution in [0.4, 0.5) is 0 Å². The molecule has 1 aliphatic heterocycles.